The van der Waals surface area contributed by atoms with Gasteiger partial charge in [0.15, 0.2) is 0 Å². The van der Waals surface area contributed by atoms with Gasteiger partial charge < -0.3 is 15.4 Å². The molecule has 19 heavy (non-hydrogen) atoms. The van der Waals surface area contributed by atoms with Crippen LogP contribution < -0.4 is 10.6 Å². The molecule has 1 aromatic rings. The number of ether oxygens (including phenoxy) is 1. The van der Waals surface area contributed by atoms with Crippen LogP contribution in [0.15, 0.2) is 22.7 Å². The summed E-state index contributed by atoms with van der Waals surface area (Å²) in [6.45, 7) is 3.85. The number of morpholine rings is 1. The molecule has 0 radical (unpaired) electrons. The summed E-state index contributed by atoms with van der Waals surface area (Å²) in [6.07, 6.45) is 4.17. The number of fused-ring (bicyclic) bond motifs is 1. The fraction of sp³-hybridized carbons (Fsp3) is 0.600. The van der Waals surface area contributed by atoms with Gasteiger partial charge in [0.2, 0.25) is 0 Å². The van der Waals surface area contributed by atoms with Crippen molar-refractivity contribution in [1.82, 2.24) is 0 Å². The third-order valence-corrected chi connectivity index (χ3v) is 4.98. The Kier molecular flexibility index (Phi) is 3.83. The number of hydrogen-bond donors (Lipinski definition) is 1. The summed E-state index contributed by atoms with van der Waals surface area (Å²) in [5.74, 6) is 0. The van der Waals surface area contributed by atoms with Crippen molar-refractivity contribution in [2.45, 2.75) is 44.4 Å². The fourth-order valence-corrected chi connectivity index (χ4v) is 4.04. The average Bonchev–Trinajstić information content (AvgIpc) is 2.86. The molecule has 2 aliphatic rings. The predicted molar refractivity (Wildman–Crippen MR) is 81.5 cm³/mol. The van der Waals surface area contributed by atoms with E-state index in [1.165, 1.54) is 30.5 Å². The normalized spacial score (nSPS) is 28.3. The van der Waals surface area contributed by atoms with Gasteiger partial charge in [-0.1, -0.05) is 22.0 Å². The van der Waals surface area contributed by atoms with Gasteiger partial charge >= 0.3 is 0 Å². The zero-order valence-corrected chi connectivity index (χ0v) is 12.9. The molecule has 2 unspecified atom stereocenters. The van der Waals surface area contributed by atoms with Crippen molar-refractivity contribution in [3.63, 3.8) is 0 Å². The second-order valence-corrected chi connectivity index (χ2v) is 6.45. The number of hydrogen-bond acceptors (Lipinski definition) is 3. The summed E-state index contributed by atoms with van der Waals surface area (Å²) in [7, 11) is 0. The Morgan fingerprint density at radius 2 is 2.26 bits per heavy atom. The number of nitrogens with two attached hydrogens (primary N) is 1. The summed E-state index contributed by atoms with van der Waals surface area (Å²) in [4.78, 5) is 2.51. The molecule has 104 valence electrons. The summed E-state index contributed by atoms with van der Waals surface area (Å²) >= 11 is 3.65. The molecule has 2 N–H and O–H groups in total. The maximum absolute atomic E-state index is 5.96. The number of nitrogens with zero attached hydrogens (tertiary/aromatic N) is 1. The second-order valence-electron chi connectivity index (χ2n) is 5.60. The van der Waals surface area contributed by atoms with Gasteiger partial charge in [-0.15, -0.1) is 0 Å². The predicted octanol–water partition coefficient (Wildman–Crippen LogP) is 3.23. The van der Waals surface area contributed by atoms with Crippen molar-refractivity contribution in [3.8, 4) is 0 Å². The van der Waals surface area contributed by atoms with Crippen LogP contribution in [0.5, 0.6) is 0 Å². The van der Waals surface area contributed by atoms with E-state index in [2.05, 4.69) is 39.0 Å². The van der Waals surface area contributed by atoms with Crippen LogP contribution in [0.2, 0.25) is 0 Å². The third kappa shape index (κ3) is 2.54. The number of benzene rings is 1. The smallest absolute Gasteiger partial charge is 0.0779 e. The lowest BCUT2D eigenvalue weighted by Crippen LogP contribution is -2.48. The maximum Gasteiger partial charge on any atom is 0.0779 e. The molecule has 1 saturated heterocycles. The van der Waals surface area contributed by atoms with Gasteiger partial charge in [0.25, 0.3) is 0 Å². The monoisotopic (exact) mass is 324 g/mol. The Bertz CT molecular complexity index is 463. The summed E-state index contributed by atoms with van der Waals surface area (Å²) in [6, 6.07) is 7.17. The molecule has 1 aromatic carbocycles. The van der Waals surface area contributed by atoms with Crippen molar-refractivity contribution in [2.75, 3.05) is 18.1 Å². The van der Waals surface area contributed by atoms with Gasteiger partial charge in [-0.05, 0) is 43.9 Å². The Morgan fingerprint density at radius 3 is 3.00 bits per heavy atom. The number of rotatable bonds is 2. The molecule has 1 aliphatic heterocycles. The SMILES string of the molecule is C[C@H](N)c1ccc(N2CCOC3CCCC32)cc1Br. The highest BCUT2D eigenvalue weighted by Gasteiger charge is 2.36. The van der Waals surface area contributed by atoms with Gasteiger partial charge in [-0.2, -0.15) is 0 Å². The minimum absolute atomic E-state index is 0.0624. The first kappa shape index (κ1) is 13.4. The van der Waals surface area contributed by atoms with E-state index in [1.807, 2.05) is 6.92 Å². The standard InChI is InChI=1S/C15H21BrN2O/c1-10(17)12-6-5-11(9-13(12)16)18-7-8-19-15-4-2-3-14(15)18/h5-6,9-10,14-15H,2-4,7-8,17H2,1H3/t10-,14?,15?/m0/s1. The van der Waals surface area contributed by atoms with E-state index in [1.54, 1.807) is 0 Å². The van der Waals surface area contributed by atoms with Crippen LogP contribution in [0.1, 0.15) is 37.8 Å². The van der Waals surface area contributed by atoms with Crippen LogP contribution in [0.3, 0.4) is 0 Å². The van der Waals surface area contributed by atoms with Gasteiger partial charge in [-0.25, -0.2) is 0 Å². The van der Waals surface area contributed by atoms with Crippen molar-refractivity contribution < 1.29 is 4.74 Å². The van der Waals surface area contributed by atoms with Gasteiger partial charge in [-0.3, -0.25) is 0 Å². The lowest BCUT2D eigenvalue weighted by molar-refractivity contribution is 0.0256. The van der Waals surface area contributed by atoms with E-state index in [9.17, 15) is 0 Å². The number of anilines is 1. The fourth-order valence-electron chi connectivity index (χ4n) is 3.31. The first-order chi connectivity index (χ1) is 9.16. The van der Waals surface area contributed by atoms with Crippen LogP contribution >= 0.6 is 15.9 Å². The van der Waals surface area contributed by atoms with Crippen molar-refractivity contribution in [1.29, 1.82) is 0 Å². The Morgan fingerprint density at radius 1 is 1.42 bits per heavy atom. The molecule has 0 aromatic heterocycles. The molecule has 1 aliphatic carbocycles. The minimum atomic E-state index is 0.0624. The minimum Gasteiger partial charge on any atom is -0.374 e. The molecule has 0 spiro atoms. The highest BCUT2D eigenvalue weighted by atomic mass is 79.9. The first-order valence-corrected chi connectivity index (χ1v) is 7.89. The van der Waals surface area contributed by atoms with Gasteiger partial charge in [0.1, 0.15) is 0 Å². The second kappa shape index (κ2) is 5.43. The van der Waals surface area contributed by atoms with E-state index in [4.69, 9.17) is 10.5 Å². The van der Waals surface area contributed by atoms with E-state index >= 15 is 0 Å². The summed E-state index contributed by atoms with van der Waals surface area (Å²) in [5, 5.41) is 0. The van der Waals surface area contributed by atoms with Crippen LogP contribution in [0, 0.1) is 0 Å². The Labute approximate surface area is 123 Å². The quantitative estimate of drug-likeness (QED) is 0.907. The van der Waals surface area contributed by atoms with Crippen molar-refractivity contribution in [2.24, 2.45) is 5.73 Å². The molecule has 3 rings (SSSR count). The molecule has 3 nitrogen and oxygen atoms in total. The largest absolute Gasteiger partial charge is 0.374 e. The maximum atomic E-state index is 5.96. The summed E-state index contributed by atoms with van der Waals surface area (Å²) < 4.78 is 6.98. The number of halogens is 1. The van der Waals surface area contributed by atoms with Gasteiger partial charge in [0, 0.05) is 22.7 Å². The molecule has 1 saturated carbocycles. The van der Waals surface area contributed by atoms with E-state index in [-0.39, 0.29) is 6.04 Å². The summed E-state index contributed by atoms with van der Waals surface area (Å²) in [5.41, 5.74) is 8.42. The highest BCUT2D eigenvalue weighted by molar-refractivity contribution is 9.10. The Balaban J connectivity index is 1.87. The van der Waals surface area contributed by atoms with Crippen LogP contribution in [-0.2, 0) is 4.74 Å². The molecule has 4 heteroatoms. The van der Waals surface area contributed by atoms with Crippen LogP contribution in [0.4, 0.5) is 5.69 Å². The van der Waals surface area contributed by atoms with Crippen LogP contribution in [0.25, 0.3) is 0 Å². The van der Waals surface area contributed by atoms with E-state index in [0.29, 0.717) is 12.1 Å². The zero-order valence-electron chi connectivity index (χ0n) is 11.3. The first-order valence-electron chi connectivity index (χ1n) is 7.10. The molecule has 3 atom stereocenters. The third-order valence-electron chi connectivity index (χ3n) is 4.29. The van der Waals surface area contributed by atoms with Crippen molar-refractivity contribution >= 4 is 21.6 Å². The van der Waals surface area contributed by atoms with Crippen molar-refractivity contribution in [3.05, 3.63) is 28.2 Å². The molecular weight excluding hydrogens is 304 g/mol. The zero-order chi connectivity index (χ0) is 13.4. The lowest BCUT2D eigenvalue weighted by atomic mass is 10.1. The lowest BCUT2D eigenvalue weighted by Gasteiger charge is -2.39. The van der Waals surface area contributed by atoms with Gasteiger partial charge in [0.05, 0.1) is 18.8 Å². The molecular formula is C15H21BrN2O. The Hall–Kier alpha value is -0.580. The molecule has 0 bridgehead atoms. The van der Waals surface area contributed by atoms with E-state index in [0.717, 1.165) is 17.6 Å². The van der Waals surface area contributed by atoms with E-state index < -0.39 is 0 Å². The molecule has 0 amide bonds. The highest BCUT2D eigenvalue weighted by Crippen LogP contribution is 2.35. The topological polar surface area (TPSA) is 38.5 Å². The average molecular weight is 325 g/mol. The molecule has 2 fully saturated rings. The molecule has 1 heterocycles. The van der Waals surface area contributed by atoms with Crippen LogP contribution in [-0.4, -0.2) is 25.3 Å².